The summed E-state index contributed by atoms with van der Waals surface area (Å²) in [6, 6.07) is 58.7. The Morgan fingerprint density at radius 2 is 1.09 bits per heavy atom. The first-order valence-corrected chi connectivity index (χ1v) is 18.3. The van der Waals surface area contributed by atoms with Crippen molar-refractivity contribution in [3.63, 3.8) is 0 Å². The number of hydrogen-bond donors (Lipinski definition) is 0. The highest BCUT2D eigenvalue weighted by Gasteiger charge is 2.23. The lowest BCUT2D eigenvalue weighted by molar-refractivity contribution is 0.669. The Hall–Kier alpha value is -6.84. The molecule has 8 aromatic carbocycles. The lowest BCUT2D eigenvalue weighted by Gasteiger charge is -2.31. The highest BCUT2D eigenvalue weighted by Crippen LogP contribution is 2.43. The first-order chi connectivity index (χ1) is 26.3. The standard InChI is InChI=1S/C50H33NO2/c1-3-13-38-32(10-1)12-9-17-39(38)34-20-24-36(25-21-34)51(37-26-29-48-45(31-37)42-16-6-8-19-47(42)52-48)46-18-7-5-14-40(46)35-23-28-49-44(30-35)43-27-22-33-11-2-4-15-41(33)50(43)53-49/h1-6,8-17,19-31H,7,18H2. The third-order valence-corrected chi connectivity index (χ3v) is 10.9. The highest BCUT2D eigenvalue weighted by atomic mass is 16.3. The van der Waals surface area contributed by atoms with Gasteiger partial charge in [0.15, 0.2) is 0 Å². The van der Waals surface area contributed by atoms with E-state index in [1.54, 1.807) is 0 Å². The van der Waals surface area contributed by atoms with Gasteiger partial charge in [0.2, 0.25) is 0 Å². The van der Waals surface area contributed by atoms with Crippen molar-refractivity contribution < 1.29 is 8.83 Å². The van der Waals surface area contributed by atoms with Crippen LogP contribution in [0.1, 0.15) is 18.4 Å². The van der Waals surface area contributed by atoms with E-state index >= 15 is 0 Å². The van der Waals surface area contributed by atoms with E-state index in [9.17, 15) is 0 Å². The van der Waals surface area contributed by atoms with Crippen LogP contribution in [0, 0.1) is 0 Å². The van der Waals surface area contributed by atoms with Gasteiger partial charge in [-0.15, -0.1) is 0 Å². The van der Waals surface area contributed by atoms with Crippen LogP contribution in [0.5, 0.6) is 0 Å². The predicted molar refractivity (Wildman–Crippen MR) is 222 cm³/mol. The average molecular weight is 680 g/mol. The maximum Gasteiger partial charge on any atom is 0.143 e. The molecule has 250 valence electrons. The second kappa shape index (κ2) is 11.9. The molecule has 1 aliphatic rings. The summed E-state index contributed by atoms with van der Waals surface area (Å²) < 4.78 is 12.8. The largest absolute Gasteiger partial charge is 0.456 e. The molecule has 3 heteroatoms. The van der Waals surface area contributed by atoms with Crippen LogP contribution in [0.4, 0.5) is 11.4 Å². The second-order valence-electron chi connectivity index (χ2n) is 14.0. The first-order valence-electron chi connectivity index (χ1n) is 18.3. The molecule has 0 spiro atoms. The van der Waals surface area contributed by atoms with Crippen LogP contribution in [-0.4, -0.2) is 0 Å². The van der Waals surface area contributed by atoms with Gasteiger partial charge in [-0.2, -0.15) is 0 Å². The summed E-state index contributed by atoms with van der Waals surface area (Å²) in [5, 5.41) is 9.34. The van der Waals surface area contributed by atoms with Crippen LogP contribution in [0.2, 0.25) is 0 Å². The van der Waals surface area contributed by atoms with E-state index in [2.05, 4.69) is 169 Å². The molecule has 0 unspecified atom stereocenters. The molecule has 0 fully saturated rings. The van der Waals surface area contributed by atoms with Crippen LogP contribution in [-0.2, 0) is 0 Å². The molecule has 53 heavy (non-hydrogen) atoms. The summed E-state index contributed by atoms with van der Waals surface area (Å²) in [5.74, 6) is 0. The molecule has 10 aromatic rings. The fourth-order valence-electron chi connectivity index (χ4n) is 8.40. The van der Waals surface area contributed by atoms with Crippen molar-refractivity contribution >= 4 is 82.4 Å². The van der Waals surface area contributed by atoms with E-state index in [4.69, 9.17) is 8.83 Å². The number of rotatable bonds is 5. The lowest BCUT2D eigenvalue weighted by atomic mass is 9.93. The maximum atomic E-state index is 6.51. The summed E-state index contributed by atoms with van der Waals surface area (Å²) in [4.78, 5) is 2.46. The molecule has 0 aliphatic heterocycles. The van der Waals surface area contributed by atoms with Gasteiger partial charge in [0, 0.05) is 49.6 Å². The Labute approximate surface area is 306 Å². The maximum absolute atomic E-state index is 6.51. The minimum absolute atomic E-state index is 0.892. The molecule has 0 N–H and O–H groups in total. The second-order valence-corrected chi connectivity index (χ2v) is 14.0. The van der Waals surface area contributed by atoms with E-state index in [1.807, 2.05) is 12.1 Å². The number of hydrogen-bond acceptors (Lipinski definition) is 3. The van der Waals surface area contributed by atoms with E-state index in [0.717, 1.165) is 73.5 Å². The fraction of sp³-hybridized carbons (Fsp3) is 0.0400. The third kappa shape index (κ3) is 4.82. The van der Waals surface area contributed by atoms with Crippen molar-refractivity contribution in [1.29, 1.82) is 0 Å². The zero-order valence-corrected chi connectivity index (χ0v) is 28.9. The van der Waals surface area contributed by atoms with Gasteiger partial charge in [0.1, 0.15) is 22.3 Å². The number of para-hydroxylation sites is 1. The first kappa shape index (κ1) is 29.8. The minimum Gasteiger partial charge on any atom is -0.456 e. The predicted octanol–water partition coefficient (Wildman–Crippen LogP) is 14.4. The van der Waals surface area contributed by atoms with Crippen LogP contribution < -0.4 is 4.90 Å². The summed E-state index contributed by atoms with van der Waals surface area (Å²) in [7, 11) is 0. The van der Waals surface area contributed by atoms with Gasteiger partial charge >= 0.3 is 0 Å². The van der Waals surface area contributed by atoms with Gasteiger partial charge in [-0.3, -0.25) is 0 Å². The fourth-order valence-corrected chi connectivity index (χ4v) is 8.40. The number of nitrogens with zero attached hydrogens (tertiary/aromatic N) is 1. The number of benzene rings is 8. The molecular formula is C50H33NO2. The summed E-state index contributed by atoms with van der Waals surface area (Å²) in [6.07, 6.45) is 6.47. The molecule has 11 rings (SSSR count). The van der Waals surface area contributed by atoms with Crippen molar-refractivity contribution in [3.8, 4) is 11.1 Å². The van der Waals surface area contributed by atoms with Crippen LogP contribution in [0.3, 0.4) is 0 Å². The summed E-state index contributed by atoms with van der Waals surface area (Å²) in [5.41, 5.74) is 11.9. The molecule has 0 saturated heterocycles. The molecule has 1 aliphatic carbocycles. The van der Waals surface area contributed by atoms with Crippen molar-refractivity contribution in [1.82, 2.24) is 0 Å². The number of furan rings is 2. The molecule has 0 saturated carbocycles. The molecule has 2 aromatic heterocycles. The molecule has 2 heterocycles. The molecule has 0 amide bonds. The quantitative estimate of drug-likeness (QED) is 0.181. The average Bonchev–Trinajstić information content (AvgIpc) is 3.79. The van der Waals surface area contributed by atoms with E-state index in [1.165, 1.54) is 44.1 Å². The van der Waals surface area contributed by atoms with Crippen molar-refractivity contribution in [2.24, 2.45) is 0 Å². The van der Waals surface area contributed by atoms with Crippen molar-refractivity contribution in [2.75, 3.05) is 4.90 Å². The van der Waals surface area contributed by atoms with Crippen LogP contribution >= 0.6 is 0 Å². The van der Waals surface area contributed by atoms with Crippen LogP contribution in [0.15, 0.2) is 190 Å². The Morgan fingerprint density at radius 1 is 0.434 bits per heavy atom. The van der Waals surface area contributed by atoms with Crippen molar-refractivity contribution in [3.05, 3.63) is 187 Å². The summed E-state index contributed by atoms with van der Waals surface area (Å²) in [6.45, 7) is 0. The van der Waals surface area contributed by atoms with Crippen molar-refractivity contribution in [2.45, 2.75) is 12.8 Å². The van der Waals surface area contributed by atoms with Gasteiger partial charge < -0.3 is 13.7 Å². The molecule has 0 bridgehead atoms. The molecule has 0 radical (unpaired) electrons. The monoisotopic (exact) mass is 679 g/mol. The molecule has 3 nitrogen and oxygen atoms in total. The zero-order valence-electron chi connectivity index (χ0n) is 28.9. The van der Waals surface area contributed by atoms with Gasteiger partial charge in [-0.25, -0.2) is 0 Å². The molecule has 0 atom stereocenters. The Bertz CT molecular complexity index is 3110. The number of fused-ring (bicyclic) bond motifs is 9. The minimum atomic E-state index is 0.892. The normalized spacial score (nSPS) is 13.4. The Balaban J connectivity index is 1.11. The van der Waals surface area contributed by atoms with E-state index in [-0.39, 0.29) is 0 Å². The molecular weight excluding hydrogens is 647 g/mol. The third-order valence-electron chi connectivity index (χ3n) is 10.9. The topological polar surface area (TPSA) is 29.5 Å². The van der Waals surface area contributed by atoms with Crippen LogP contribution in [0.25, 0.3) is 82.1 Å². The van der Waals surface area contributed by atoms with Gasteiger partial charge in [0.05, 0.1) is 0 Å². The Morgan fingerprint density at radius 3 is 1.98 bits per heavy atom. The van der Waals surface area contributed by atoms with Gasteiger partial charge in [0.25, 0.3) is 0 Å². The Kier molecular flexibility index (Phi) is 6.68. The highest BCUT2D eigenvalue weighted by molar-refractivity contribution is 6.15. The SMILES string of the molecule is C1=CC(c2ccc3oc4c5ccccc5ccc4c3c2)=C(N(c2ccc(-c3cccc4ccccc34)cc2)c2ccc3oc4ccccc4c3c2)CC1. The zero-order chi connectivity index (χ0) is 34.9. The number of anilines is 2. The summed E-state index contributed by atoms with van der Waals surface area (Å²) >= 11 is 0. The number of allylic oxidation sites excluding steroid dienone is 4. The van der Waals surface area contributed by atoms with E-state index in [0.29, 0.717) is 0 Å². The van der Waals surface area contributed by atoms with Gasteiger partial charge in [-0.05, 0) is 100 Å². The van der Waals surface area contributed by atoms with Gasteiger partial charge in [-0.1, -0.05) is 121 Å². The van der Waals surface area contributed by atoms with E-state index < -0.39 is 0 Å². The lowest BCUT2D eigenvalue weighted by Crippen LogP contribution is -2.19. The smallest absolute Gasteiger partial charge is 0.143 e.